The Labute approximate surface area is 162 Å². The monoisotopic (exact) mass is 391 g/mol. The van der Waals surface area contributed by atoms with Gasteiger partial charge in [-0.3, -0.25) is 0 Å². The zero-order chi connectivity index (χ0) is 19.2. The molecule has 144 valence electrons. The highest BCUT2D eigenvalue weighted by Crippen LogP contribution is 2.25. The molecule has 0 bridgehead atoms. The number of piperidine rings is 1. The third-order valence-corrected chi connectivity index (χ3v) is 4.91. The first-order chi connectivity index (χ1) is 13.0. The maximum absolute atomic E-state index is 12.2. The van der Waals surface area contributed by atoms with Crippen molar-refractivity contribution in [2.24, 2.45) is 5.92 Å². The number of carbonyl (C=O) groups excluding carboxylic acids is 1. The van der Waals surface area contributed by atoms with Crippen molar-refractivity contribution in [1.82, 2.24) is 14.9 Å². The third-order valence-electron chi connectivity index (χ3n) is 4.53. The summed E-state index contributed by atoms with van der Waals surface area (Å²) in [5.41, 5.74) is 6.57. The van der Waals surface area contributed by atoms with Gasteiger partial charge in [0, 0.05) is 19.0 Å². The van der Waals surface area contributed by atoms with Crippen molar-refractivity contribution in [1.29, 1.82) is 0 Å². The second-order valence-electron chi connectivity index (χ2n) is 6.40. The number of hydrogen-bond acceptors (Lipinski definition) is 7. The summed E-state index contributed by atoms with van der Waals surface area (Å²) in [5.74, 6) is 0.585. The van der Waals surface area contributed by atoms with Crippen LogP contribution >= 0.6 is 11.6 Å². The molecule has 3 rings (SSSR count). The van der Waals surface area contributed by atoms with E-state index in [1.807, 2.05) is 30.3 Å². The SMILES string of the molecule is Nc1ncnc(NCC2CCN(C(=O)OCc3ccccc3)CC2O)c1Cl. The number of aromatic nitrogens is 2. The second-order valence-corrected chi connectivity index (χ2v) is 6.78. The van der Waals surface area contributed by atoms with E-state index in [-0.39, 0.29) is 29.9 Å². The molecule has 0 aliphatic carbocycles. The van der Waals surface area contributed by atoms with E-state index in [9.17, 15) is 9.90 Å². The summed E-state index contributed by atoms with van der Waals surface area (Å²) in [6, 6.07) is 9.48. The van der Waals surface area contributed by atoms with Crippen LogP contribution < -0.4 is 11.1 Å². The maximum Gasteiger partial charge on any atom is 0.410 e. The first-order valence-electron chi connectivity index (χ1n) is 8.68. The van der Waals surface area contributed by atoms with E-state index in [1.165, 1.54) is 11.2 Å². The number of amides is 1. The number of nitrogens with zero attached hydrogens (tertiary/aromatic N) is 3. The van der Waals surface area contributed by atoms with Gasteiger partial charge in [0.2, 0.25) is 0 Å². The normalized spacial score (nSPS) is 19.6. The summed E-state index contributed by atoms with van der Waals surface area (Å²) in [6.07, 6.45) is 0.863. The van der Waals surface area contributed by atoms with Crippen LogP contribution in [0.1, 0.15) is 12.0 Å². The summed E-state index contributed by atoms with van der Waals surface area (Å²) in [6.45, 7) is 1.41. The summed E-state index contributed by atoms with van der Waals surface area (Å²) in [5, 5.41) is 13.7. The van der Waals surface area contributed by atoms with Crippen LogP contribution in [-0.2, 0) is 11.3 Å². The van der Waals surface area contributed by atoms with Crippen LogP contribution in [0.3, 0.4) is 0 Å². The molecule has 0 saturated carbocycles. The molecule has 0 radical (unpaired) electrons. The van der Waals surface area contributed by atoms with Crippen LogP contribution in [0.5, 0.6) is 0 Å². The van der Waals surface area contributed by atoms with Gasteiger partial charge in [0.05, 0.1) is 12.6 Å². The van der Waals surface area contributed by atoms with Crippen molar-refractivity contribution >= 4 is 29.3 Å². The highest BCUT2D eigenvalue weighted by Gasteiger charge is 2.31. The van der Waals surface area contributed by atoms with Gasteiger partial charge in [-0.2, -0.15) is 0 Å². The summed E-state index contributed by atoms with van der Waals surface area (Å²) < 4.78 is 5.32. The van der Waals surface area contributed by atoms with Gasteiger partial charge in [-0.05, 0) is 12.0 Å². The van der Waals surface area contributed by atoms with Crippen LogP contribution in [0.2, 0.25) is 5.02 Å². The van der Waals surface area contributed by atoms with Crippen molar-refractivity contribution in [3.05, 3.63) is 47.2 Å². The molecule has 1 aliphatic heterocycles. The Balaban J connectivity index is 1.47. The molecule has 2 heterocycles. The minimum Gasteiger partial charge on any atom is -0.445 e. The standard InChI is InChI=1S/C18H22ClN5O3/c19-15-16(20)22-11-23-17(15)21-8-13-6-7-24(9-14(13)25)18(26)27-10-12-4-2-1-3-5-12/h1-5,11,13-14,25H,6-10H2,(H3,20,21,22,23). The second kappa shape index (κ2) is 8.88. The first-order valence-corrected chi connectivity index (χ1v) is 9.06. The van der Waals surface area contributed by atoms with E-state index < -0.39 is 12.2 Å². The minimum absolute atomic E-state index is 0.0459. The third kappa shape index (κ3) is 4.99. The van der Waals surface area contributed by atoms with Crippen molar-refractivity contribution in [2.45, 2.75) is 19.1 Å². The van der Waals surface area contributed by atoms with Crippen molar-refractivity contribution in [3.63, 3.8) is 0 Å². The molecule has 0 spiro atoms. The number of nitrogens with one attached hydrogen (secondary N) is 1. The lowest BCUT2D eigenvalue weighted by Crippen LogP contribution is -2.48. The van der Waals surface area contributed by atoms with Crippen LogP contribution in [-0.4, -0.2) is 51.8 Å². The topological polar surface area (TPSA) is 114 Å². The van der Waals surface area contributed by atoms with Gasteiger partial charge >= 0.3 is 6.09 Å². The van der Waals surface area contributed by atoms with Crippen molar-refractivity contribution < 1.29 is 14.6 Å². The summed E-state index contributed by atoms with van der Waals surface area (Å²) in [7, 11) is 0. The number of nitrogens with two attached hydrogens (primary N) is 1. The van der Waals surface area contributed by atoms with Gasteiger partial charge in [-0.25, -0.2) is 14.8 Å². The number of anilines is 2. The van der Waals surface area contributed by atoms with Crippen LogP contribution in [0.4, 0.5) is 16.4 Å². The highest BCUT2D eigenvalue weighted by molar-refractivity contribution is 6.35. The van der Waals surface area contributed by atoms with Crippen molar-refractivity contribution in [2.75, 3.05) is 30.7 Å². The number of likely N-dealkylation sites (tertiary alicyclic amines) is 1. The average molecular weight is 392 g/mol. The van der Waals surface area contributed by atoms with E-state index in [0.717, 1.165) is 5.56 Å². The number of nitrogen functional groups attached to an aromatic ring is 1. The number of rotatable bonds is 5. The molecule has 1 amide bonds. The zero-order valence-corrected chi connectivity index (χ0v) is 15.5. The lowest BCUT2D eigenvalue weighted by Gasteiger charge is -2.35. The molecule has 4 N–H and O–H groups in total. The number of hydrogen-bond donors (Lipinski definition) is 3. The molecule has 9 heteroatoms. The van der Waals surface area contributed by atoms with E-state index in [2.05, 4.69) is 15.3 Å². The Morgan fingerprint density at radius 3 is 2.89 bits per heavy atom. The van der Waals surface area contributed by atoms with Gasteiger partial charge in [0.15, 0.2) is 0 Å². The number of aliphatic hydroxyl groups is 1. The molecule has 1 aromatic carbocycles. The molecule has 1 aromatic heterocycles. The summed E-state index contributed by atoms with van der Waals surface area (Å²) >= 11 is 6.05. The lowest BCUT2D eigenvalue weighted by atomic mass is 9.94. The fourth-order valence-electron chi connectivity index (χ4n) is 2.93. The molecule has 1 fully saturated rings. The number of halogens is 1. The molecule has 8 nitrogen and oxygen atoms in total. The molecule has 2 aromatic rings. The average Bonchev–Trinajstić information content (AvgIpc) is 2.69. The molecule has 1 aliphatic rings. The molecular weight excluding hydrogens is 370 g/mol. The van der Waals surface area contributed by atoms with Gasteiger partial charge in [-0.1, -0.05) is 41.9 Å². The number of β-amino-alcohol motifs (C(OH)–C–C–N with tert-alkyl or cyclic N) is 1. The Hall–Kier alpha value is -2.58. The fraction of sp³-hybridized carbons (Fsp3) is 0.389. The van der Waals surface area contributed by atoms with Gasteiger partial charge in [0.25, 0.3) is 0 Å². The largest absolute Gasteiger partial charge is 0.445 e. The smallest absolute Gasteiger partial charge is 0.410 e. The van der Waals surface area contributed by atoms with Crippen LogP contribution in [0.15, 0.2) is 36.7 Å². The van der Waals surface area contributed by atoms with Crippen LogP contribution in [0, 0.1) is 5.92 Å². The molecule has 2 atom stereocenters. The first kappa shape index (κ1) is 19.2. The predicted molar refractivity (Wildman–Crippen MR) is 102 cm³/mol. The van der Waals surface area contributed by atoms with Gasteiger partial charge in [0.1, 0.15) is 29.6 Å². The number of ether oxygens (including phenoxy) is 1. The fourth-order valence-corrected chi connectivity index (χ4v) is 3.09. The molecule has 2 unspecified atom stereocenters. The van der Waals surface area contributed by atoms with Gasteiger partial charge < -0.3 is 25.8 Å². The highest BCUT2D eigenvalue weighted by atomic mass is 35.5. The molecule has 1 saturated heterocycles. The minimum atomic E-state index is -0.673. The van der Waals surface area contributed by atoms with Crippen molar-refractivity contribution in [3.8, 4) is 0 Å². The molecule has 27 heavy (non-hydrogen) atoms. The Bertz CT molecular complexity index is 777. The van der Waals surface area contributed by atoms with Crippen LogP contribution in [0.25, 0.3) is 0 Å². The lowest BCUT2D eigenvalue weighted by molar-refractivity contribution is 0.0175. The zero-order valence-electron chi connectivity index (χ0n) is 14.7. The quantitative estimate of drug-likeness (QED) is 0.715. The molecular formula is C18H22ClN5O3. The predicted octanol–water partition coefficient (Wildman–Crippen LogP) is 2.14. The Morgan fingerprint density at radius 2 is 2.15 bits per heavy atom. The van der Waals surface area contributed by atoms with Gasteiger partial charge in [-0.15, -0.1) is 0 Å². The number of aliphatic hydroxyl groups excluding tert-OH is 1. The maximum atomic E-state index is 12.2. The van der Waals surface area contributed by atoms with E-state index >= 15 is 0 Å². The van der Waals surface area contributed by atoms with E-state index in [0.29, 0.717) is 25.3 Å². The van der Waals surface area contributed by atoms with E-state index in [1.54, 1.807) is 0 Å². The Kier molecular flexibility index (Phi) is 6.31. The van der Waals surface area contributed by atoms with E-state index in [4.69, 9.17) is 22.1 Å². The number of carbonyl (C=O) groups is 1. The number of benzene rings is 1. The summed E-state index contributed by atoms with van der Waals surface area (Å²) in [4.78, 5) is 21.6. The Morgan fingerprint density at radius 1 is 1.37 bits per heavy atom.